The smallest absolute Gasteiger partial charge is 0.252 e. The van der Waals surface area contributed by atoms with E-state index in [4.69, 9.17) is 0 Å². The number of nitrogens with zero attached hydrogens (tertiary/aromatic N) is 1. The van der Waals surface area contributed by atoms with Crippen LogP contribution in [0.15, 0.2) is 35.1 Å². The van der Waals surface area contributed by atoms with Gasteiger partial charge in [0.2, 0.25) is 0 Å². The Morgan fingerprint density at radius 2 is 2.11 bits per heavy atom. The summed E-state index contributed by atoms with van der Waals surface area (Å²) < 4.78 is 0. The molecule has 2 N–H and O–H groups in total. The zero-order chi connectivity index (χ0) is 13.2. The molecule has 0 spiro atoms. The quantitative estimate of drug-likeness (QED) is 0.863. The van der Waals surface area contributed by atoms with Crippen molar-refractivity contribution in [2.75, 3.05) is 5.32 Å². The highest BCUT2D eigenvalue weighted by molar-refractivity contribution is 5.38. The lowest BCUT2D eigenvalue weighted by atomic mass is 9.88. The predicted octanol–water partition coefficient (Wildman–Crippen LogP) is 2.05. The van der Waals surface area contributed by atoms with Crippen LogP contribution >= 0.6 is 0 Å². The Morgan fingerprint density at radius 1 is 1.32 bits per heavy atom. The van der Waals surface area contributed by atoms with Gasteiger partial charge in [0.25, 0.3) is 5.56 Å². The molecule has 0 saturated heterocycles. The van der Waals surface area contributed by atoms with Crippen LogP contribution in [0, 0.1) is 6.92 Å². The molecule has 0 radical (unpaired) electrons. The van der Waals surface area contributed by atoms with Crippen LogP contribution in [0.3, 0.4) is 0 Å². The molecule has 4 heteroatoms. The number of H-pyrrole nitrogens is 1. The molecule has 1 aromatic carbocycles. The van der Waals surface area contributed by atoms with Gasteiger partial charge in [-0.15, -0.1) is 0 Å². The maximum Gasteiger partial charge on any atom is 0.252 e. The molecule has 1 atom stereocenters. The van der Waals surface area contributed by atoms with Crippen molar-refractivity contribution in [3.05, 3.63) is 57.6 Å². The molecule has 0 saturated carbocycles. The van der Waals surface area contributed by atoms with Gasteiger partial charge in [0, 0.05) is 12.1 Å². The van der Waals surface area contributed by atoms with E-state index in [-0.39, 0.29) is 5.56 Å². The van der Waals surface area contributed by atoms with E-state index in [1.165, 1.54) is 17.2 Å². The molecule has 98 valence electrons. The van der Waals surface area contributed by atoms with E-state index >= 15 is 0 Å². The van der Waals surface area contributed by atoms with Crippen LogP contribution < -0.4 is 10.9 Å². The summed E-state index contributed by atoms with van der Waals surface area (Å²) in [6, 6.07) is 10.4. The van der Waals surface area contributed by atoms with Gasteiger partial charge >= 0.3 is 0 Å². The Balaban J connectivity index is 1.77. The number of aromatic nitrogens is 2. The highest BCUT2D eigenvalue weighted by Crippen LogP contribution is 2.22. The first-order valence-electron chi connectivity index (χ1n) is 6.62. The number of fused-ring (bicyclic) bond motifs is 1. The fraction of sp³-hybridized carbons (Fsp3) is 0.333. The third kappa shape index (κ3) is 2.67. The van der Waals surface area contributed by atoms with E-state index in [0.29, 0.717) is 17.7 Å². The first-order chi connectivity index (χ1) is 9.20. The topological polar surface area (TPSA) is 57.8 Å². The first kappa shape index (κ1) is 12.0. The molecule has 0 amide bonds. The summed E-state index contributed by atoms with van der Waals surface area (Å²) in [5.41, 5.74) is 2.73. The lowest BCUT2D eigenvalue weighted by Gasteiger charge is -2.25. The summed E-state index contributed by atoms with van der Waals surface area (Å²) in [5, 5.41) is 3.37. The molecule has 2 aromatic rings. The van der Waals surface area contributed by atoms with Crippen molar-refractivity contribution in [2.45, 2.75) is 32.2 Å². The van der Waals surface area contributed by atoms with Crippen LogP contribution in [0.5, 0.6) is 0 Å². The van der Waals surface area contributed by atoms with E-state index < -0.39 is 0 Å². The van der Waals surface area contributed by atoms with Crippen molar-refractivity contribution >= 4 is 5.82 Å². The van der Waals surface area contributed by atoms with Gasteiger partial charge in [0.05, 0.1) is 0 Å². The van der Waals surface area contributed by atoms with Crippen molar-refractivity contribution < 1.29 is 0 Å². The summed E-state index contributed by atoms with van der Waals surface area (Å²) in [6.07, 6.45) is 3.14. The van der Waals surface area contributed by atoms with Crippen molar-refractivity contribution in [3.63, 3.8) is 0 Å². The van der Waals surface area contributed by atoms with Gasteiger partial charge in [-0.3, -0.25) is 4.79 Å². The summed E-state index contributed by atoms with van der Waals surface area (Å²) in [5.74, 6) is 1.32. The van der Waals surface area contributed by atoms with Gasteiger partial charge in [-0.2, -0.15) is 0 Å². The molecular formula is C15H17N3O. The van der Waals surface area contributed by atoms with Crippen molar-refractivity contribution in [3.8, 4) is 0 Å². The van der Waals surface area contributed by atoms with Crippen molar-refractivity contribution in [1.82, 2.24) is 9.97 Å². The number of aromatic amines is 1. The van der Waals surface area contributed by atoms with Gasteiger partial charge in [-0.1, -0.05) is 24.3 Å². The second-order valence-electron chi connectivity index (χ2n) is 5.07. The minimum absolute atomic E-state index is 0.105. The Morgan fingerprint density at radius 3 is 2.89 bits per heavy atom. The fourth-order valence-electron chi connectivity index (χ4n) is 2.68. The lowest BCUT2D eigenvalue weighted by molar-refractivity contribution is 0.608. The molecule has 4 nitrogen and oxygen atoms in total. The Hall–Kier alpha value is -2.10. The zero-order valence-corrected chi connectivity index (χ0v) is 10.9. The number of hydrogen-bond donors (Lipinski definition) is 2. The summed E-state index contributed by atoms with van der Waals surface area (Å²) >= 11 is 0. The molecule has 0 fully saturated rings. The van der Waals surface area contributed by atoms with E-state index in [0.717, 1.165) is 19.3 Å². The molecule has 1 aromatic heterocycles. The van der Waals surface area contributed by atoms with Crippen LogP contribution in [0.25, 0.3) is 0 Å². The molecule has 0 aliphatic heterocycles. The number of hydrogen-bond acceptors (Lipinski definition) is 3. The lowest BCUT2D eigenvalue weighted by Crippen LogP contribution is -2.28. The van der Waals surface area contributed by atoms with Crippen LogP contribution in [0.2, 0.25) is 0 Å². The molecule has 1 unspecified atom stereocenters. The third-order valence-electron chi connectivity index (χ3n) is 3.56. The molecule has 1 aliphatic rings. The monoisotopic (exact) mass is 255 g/mol. The van der Waals surface area contributed by atoms with E-state index in [1.807, 2.05) is 0 Å². The van der Waals surface area contributed by atoms with E-state index in [9.17, 15) is 4.79 Å². The maximum absolute atomic E-state index is 11.4. The maximum atomic E-state index is 11.4. The number of benzene rings is 1. The average molecular weight is 255 g/mol. The van der Waals surface area contributed by atoms with Gasteiger partial charge in [-0.25, -0.2) is 4.98 Å². The SMILES string of the molecule is Cc1nc(NC2CCc3ccccc3C2)cc(=O)[nH]1. The number of aryl methyl sites for hydroxylation is 2. The van der Waals surface area contributed by atoms with Crippen LogP contribution in [-0.4, -0.2) is 16.0 Å². The molecule has 3 rings (SSSR count). The van der Waals surface area contributed by atoms with Crippen LogP contribution in [-0.2, 0) is 12.8 Å². The van der Waals surface area contributed by atoms with Gasteiger partial charge in [-0.05, 0) is 37.3 Å². The fourth-order valence-corrected chi connectivity index (χ4v) is 2.68. The second-order valence-corrected chi connectivity index (χ2v) is 5.07. The molecule has 19 heavy (non-hydrogen) atoms. The second kappa shape index (κ2) is 4.88. The highest BCUT2D eigenvalue weighted by atomic mass is 16.1. The Labute approximate surface area is 111 Å². The first-order valence-corrected chi connectivity index (χ1v) is 6.62. The largest absolute Gasteiger partial charge is 0.367 e. The van der Waals surface area contributed by atoms with Crippen molar-refractivity contribution in [1.29, 1.82) is 0 Å². The van der Waals surface area contributed by atoms with Gasteiger partial charge in [0.1, 0.15) is 11.6 Å². The number of nitrogens with one attached hydrogen (secondary N) is 2. The standard InChI is InChI=1S/C15H17N3O/c1-10-16-14(9-15(19)17-10)18-13-7-6-11-4-2-3-5-12(11)8-13/h2-5,9,13H,6-8H2,1H3,(H2,16,17,18,19). The van der Waals surface area contributed by atoms with Gasteiger partial charge < -0.3 is 10.3 Å². The average Bonchev–Trinajstić information content (AvgIpc) is 2.37. The third-order valence-corrected chi connectivity index (χ3v) is 3.56. The van der Waals surface area contributed by atoms with Crippen LogP contribution in [0.4, 0.5) is 5.82 Å². The summed E-state index contributed by atoms with van der Waals surface area (Å²) in [6.45, 7) is 1.79. The molecular weight excluding hydrogens is 238 g/mol. The van der Waals surface area contributed by atoms with E-state index in [2.05, 4.69) is 39.6 Å². The molecule has 0 bridgehead atoms. The van der Waals surface area contributed by atoms with Crippen molar-refractivity contribution in [2.24, 2.45) is 0 Å². The predicted molar refractivity (Wildman–Crippen MR) is 75.5 cm³/mol. The van der Waals surface area contributed by atoms with Crippen LogP contribution in [0.1, 0.15) is 23.4 Å². The number of anilines is 1. The number of rotatable bonds is 2. The zero-order valence-electron chi connectivity index (χ0n) is 10.9. The Bertz CT molecular complexity index is 648. The summed E-state index contributed by atoms with van der Waals surface area (Å²) in [7, 11) is 0. The minimum Gasteiger partial charge on any atom is -0.367 e. The van der Waals surface area contributed by atoms with Gasteiger partial charge in [0.15, 0.2) is 0 Å². The highest BCUT2D eigenvalue weighted by Gasteiger charge is 2.18. The minimum atomic E-state index is -0.105. The molecule has 1 heterocycles. The van der Waals surface area contributed by atoms with E-state index in [1.54, 1.807) is 6.92 Å². The summed E-state index contributed by atoms with van der Waals surface area (Å²) in [4.78, 5) is 18.4. The normalized spacial score (nSPS) is 17.8. The molecule has 1 aliphatic carbocycles. The Kier molecular flexibility index (Phi) is 3.07.